The highest BCUT2D eigenvalue weighted by molar-refractivity contribution is 7.99. The summed E-state index contributed by atoms with van der Waals surface area (Å²) in [5, 5.41) is 9.70. The van der Waals surface area contributed by atoms with E-state index in [9.17, 15) is 13.2 Å². The number of nitrogens with zero attached hydrogens (tertiary/aromatic N) is 2. The molecule has 0 bridgehead atoms. The van der Waals surface area contributed by atoms with Gasteiger partial charge < -0.3 is 10.6 Å². The molecule has 1 fully saturated rings. The fourth-order valence-corrected chi connectivity index (χ4v) is 4.35. The molecule has 8 heteroatoms. The van der Waals surface area contributed by atoms with Crippen LogP contribution in [0, 0.1) is 17.2 Å². The van der Waals surface area contributed by atoms with Gasteiger partial charge in [0.1, 0.15) is 15.9 Å². The number of nitriles is 1. The molecule has 110 valence electrons. The molecule has 0 radical (unpaired) electrons. The van der Waals surface area contributed by atoms with Crippen LogP contribution in [0.2, 0.25) is 0 Å². The summed E-state index contributed by atoms with van der Waals surface area (Å²) in [5.74, 6) is -1.31. The summed E-state index contributed by atoms with van der Waals surface area (Å²) in [6.07, 6.45) is -1.69. The van der Waals surface area contributed by atoms with E-state index in [4.69, 9.17) is 11.0 Å². The Morgan fingerprint density at radius 2 is 2.20 bits per heavy atom. The zero-order chi connectivity index (χ0) is 14.9. The predicted octanol–water partition coefficient (Wildman–Crippen LogP) is 3.70. The molecule has 1 aliphatic rings. The van der Waals surface area contributed by atoms with Crippen LogP contribution in [-0.4, -0.2) is 25.5 Å². The predicted molar refractivity (Wildman–Crippen MR) is 76.2 cm³/mol. The summed E-state index contributed by atoms with van der Waals surface area (Å²) < 4.78 is 38.6. The number of nitrogens with two attached hydrogens (primary N) is 1. The lowest BCUT2D eigenvalue weighted by Gasteiger charge is -2.34. The third-order valence-electron chi connectivity index (χ3n) is 3.36. The van der Waals surface area contributed by atoms with E-state index < -0.39 is 12.1 Å². The zero-order valence-corrected chi connectivity index (χ0v) is 12.5. The van der Waals surface area contributed by atoms with Crippen LogP contribution in [0.1, 0.15) is 17.7 Å². The lowest BCUT2D eigenvalue weighted by molar-refractivity contribution is -0.175. The van der Waals surface area contributed by atoms with Crippen molar-refractivity contribution < 1.29 is 13.2 Å². The quantitative estimate of drug-likeness (QED) is 0.844. The Labute approximate surface area is 123 Å². The molecule has 0 aliphatic carbocycles. The SMILES string of the molecule is CSc1c(N2CCCC(C(F)(F)F)C2)sc(C#N)c1N. The largest absolute Gasteiger partial charge is 0.396 e. The molecule has 3 nitrogen and oxygen atoms in total. The van der Waals surface area contributed by atoms with E-state index in [1.807, 2.05) is 12.3 Å². The van der Waals surface area contributed by atoms with Gasteiger partial charge in [-0.05, 0) is 19.1 Å². The van der Waals surface area contributed by atoms with Gasteiger partial charge in [-0.2, -0.15) is 18.4 Å². The Hall–Kier alpha value is -1.07. The molecule has 0 spiro atoms. The molecule has 1 unspecified atom stereocenters. The van der Waals surface area contributed by atoms with Gasteiger partial charge in [0.25, 0.3) is 0 Å². The molecule has 2 heterocycles. The van der Waals surface area contributed by atoms with Gasteiger partial charge in [0, 0.05) is 13.1 Å². The van der Waals surface area contributed by atoms with Crippen LogP contribution < -0.4 is 10.6 Å². The van der Waals surface area contributed by atoms with Crippen molar-refractivity contribution in [3.63, 3.8) is 0 Å². The Bertz CT molecular complexity index is 533. The number of nitrogen functional groups attached to an aromatic ring is 1. The maximum Gasteiger partial charge on any atom is 0.393 e. The third kappa shape index (κ3) is 2.83. The van der Waals surface area contributed by atoms with E-state index in [-0.39, 0.29) is 13.0 Å². The second-order valence-electron chi connectivity index (χ2n) is 4.62. The number of piperidine rings is 1. The summed E-state index contributed by atoms with van der Waals surface area (Å²) in [4.78, 5) is 2.81. The highest BCUT2D eigenvalue weighted by Gasteiger charge is 2.42. The average molecular weight is 321 g/mol. The molecule has 1 aromatic heterocycles. The van der Waals surface area contributed by atoms with Gasteiger partial charge in [-0.1, -0.05) is 0 Å². The number of hydrogen-bond donors (Lipinski definition) is 1. The summed E-state index contributed by atoms with van der Waals surface area (Å²) in [5.41, 5.74) is 6.25. The molecule has 1 aliphatic heterocycles. The summed E-state index contributed by atoms with van der Waals surface area (Å²) >= 11 is 2.55. The minimum atomic E-state index is -4.17. The topological polar surface area (TPSA) is 53.0 Å². The molecule has 0 aromatic carbocycles. The van der Waals surface area contributed by atoms with Crippen LogP contribution in [0.15, 0.2) is 4.90 Å². The van der Waals surface area contributed by atoms with Crippen LogP contribution in [-0.2, 0) is 0 Å². The highest BCUT2D eigenvalue weighted by atomic mass is 32.2. The number of anilines is 2. The van der Waals surface area contributed by atoms with Crippen LogP contribution in [0.4, 0.5) is 23.9 Å². The Morgan fingerprint density at radius 3 is 2.75 bits per heavy atom. The number of alkyl halides is 3. The smallest absolute Gasteiger partial charge is 0.393 e. The minimum Gasteiger partial charge on any atom is -0.396 e. The molecule has 0 saturated carbocycles. The second-order valence-corrected chi connectivity index (χ2v) is 6.44. The lowest BCUT2D eigenvalue weighted by Crippen LogP contribution is -2.41. The molecule has 1 atom stereocenters. The summed E-state index contributed by atoms with van der Waals surface area (Å²) in [7, 11) is 0. The number of halogens is 3. The Kier molecular flexibility index (Phi) is 4.39. The van der Waals surface area contributed by atoms with Crippen molar-refractivity contribution in [2.75, 3.05) is 30.0 Å². The van der Waals surface area contributed by atoms with Gasteiger partial charge in [-0.15, -0.1) is 23.1 Å². The van der Waals surface area contributed by atoms with Crippen molar-refractivity contribution >= 4 is 33.8 Å². The number of thioether (sulfide) groups is 1. The Morgan fingerprint density at radius 1 is 1.50 bits per heavy atom. The standard InChI is InChI=1S/C12H14F3N3S2/c1-19-10-9(17)8(5-16)20-11(10)18-4-2-3-7(6-18)12(13,14)15/h7H,2-4,6,17H2,1H3. The van der Waals surface area contributed by atoms with E-state index in [0.29, 0.717) is 28.5 Å². The monoisotopic (exact) mass is 321 g/mol. The summed E-state index contributed by atoms with van der Waals surface area (Å²) in [6.45, 7) is 0.521. The maximum absolute atomic E-state index is 12.9. The van der Waals surface area contributed by atoms with E-state index in [1.54, 1.807) is 4.90 Å². The maximum atomic E-state index is 12.9. The van der Waals surface area contributed by atoms with Crippen LogP contribution in [0.25, 0.3) is 0 Å². The zero-order valence-electron chi connectivity index (χ0n) is 10.8. The van der Waals surface area contributed by atoms with Crippen molar-refractivity contribution in [3.8, 4) is 6.07 Å². The van der Waals surface area contributed by atoms with Crippen molar-refractivity contribution in [1.82, 2.24) is 0 Å². The molecule has 1 aromatic rings. The molecule has 1 saturated heterocycles. The first-order valence-corrected chi connectivity index (χ1v) is 8.10. The van der Waals surface area contributed by atoms with E-state index in [1.165, 1.54) is 23.1 Å². The Balaban J connectivity index is 2.30. The fraction of sp³-hybridized carbons (Fsp3) is 0.583. The summed E-state index contributed by atoms with van der Waals surface area (Å²) in [6, 6.07) is 2.00. The van der Waals surface area contributed by atoms with Crippen LogP contribution in [0.3, 0.4) is 0 Å². The van der Waals surface area contributed by atoms with Crippen molar-refractivity contribution in [3.05, 3.63) is 4.88 Å². The van der Waals surface area contributed by atoms with E-state index in [0.717, 1.165) is 4.90 Å². The van der Waals surface area contributed by atoms with Gasteiger partial charge in [-0.3, -0.25) is 0 Å². The van der Waals surface area contributed by atoms with Crippen molar-refractivity contribution in [2.24, 2.45) is 5.92 Å². The van der Waals surface area contributed by atoms with E-state index >= 15 is 0 Å². The third-order valence-corrected chi connectivity index (χ3v) is 5.48. The molecule has 20 heavy (non-hydrogen) atoms. The van der Waals surface area contributed by atoms with Gasteiger partial charge >= 0.3 is 6.18 Å². The van der Waals surface area contributed by atoms with Gasteiger partial charge in [-0.25, -0.2) is 0 Å². The fourth-order valence-electron chi connectivity index (χ4n) is 2.33. The molecular formula is C12H14F3N3S2. The highest BCUT2D eigenvalue weighted by Crippen LogP contribution is 2.45. The normalized spacial score (nSPS) is 19.9. The minimum absolute atomic E-state index is 0.0537. The molecule has 0 amide bonds. The first-order valence-electron chi connectivity index (χ1n) is 6.06. The molecule has 2 rings (SSSR count). The average Bonchev–Trinajstić information content (AvgIpc) is 2.74. The lowest BCUT2D eigenvalue weighted by atomic mass is 9.98. The molecular weight excluding hydrogens is 307 g/mol. The first kappa shape index (κ1) is 15.3. The number of rotatable bonds is 2. The number of thiophene rings is 1. The van der Waals surface area contributed by atoms with E-state index in [2.05, 4.69) is 0 Å². The van der Waals surface area contributed by atoms with Crippen molar-refractivity contribution in [1.29, 1.82) is 5.26 Å². The van der Waals surface area contributed by atoms with Gasteiger partial charge in [0.15, 0.2) is 0 Å². The molecule has 2 N–H and O–H groups in total. The van der Waals surface area contributed by atoms with Crippen LogP contribution in [0.5, 0.6) is 0 Å². The second kappa shape index (κ2) is 5.74. The number of hydrogen-bond acceptors (Lipinski definition) is 5. The van der Waals surface area contributed by atoms with Gasteiger partial charge in [0.05, 0.1) is 16.5 Å². The van der Waals surface area contributed by atoms with Crippen LogP contribution >= 0.6 is 23.1 Å². The first-order chi connectivity index (χ1) is 9.38. The van der Waals surface area contributed by atoms with Gasteiger partial charge in [0.2, 0.25) is 0 Å². The van der Waals surface area contributed by atoms with Crippen molar-refractivity contribution in [2.45, 2.75) is 23.9 Å².